The number of benzene rings is 2. The van der Waals surface area contributed by atoms with Crippen molar-refractivity contribution in [1.82, 2.24) is 0 Å². The van der Waals surface area contributed by atoms with Crippen LogP contribution in [0.5, 0.6) is 17.2 Å². The third-order valence-corrected chi connectivity index (χ3v) is 2.82. The number of primary amides is 1. The molecule has 0 radical (unpaired) electrons. The maximum absolute atomic E-state index is 11.1. The fourth-order valence-electron chi connectivity index (χ4n) is 1.75. The molecule has 110 valence electrons. The van der Waals surface area contributed by atoms with Crippen LogP contribution in [0.25, 0.3) is 0 Å². The summed E-state index contributed by atoms with van der Waals surface area (Å²) in [5, 5.41) is 0. The molecule has 0 saturated carbocycles. The molecule has 0 bridgehead atoms. The minimum absolute atomic E-state index is 0.350. The predicted molar refractivity (Wildman–Crippen MR) is 81.7 cm³/mol. The summed E-state index contributed by atoms with van der Waals surface area (Å²) in [5.74, 6) is 1.38. The van der Waals surface area contributed by atoms with Gasteiger partial charge in [-0.25, -0.2) is 0 Å². The molecule has 0 spiro atoms. The topological polar surface area (TPSA) is 87.6 Å². The van der Waals surface area contributed by atoms with Crippen LogP contribution in [0.3, 0.4) is 0 Å². The van der Waals surface area contributed by atoms with Crippen LogP contribution in [0.2, 0.25) is 0 Å². The maximum Gasteiger partial charge on any atom is 0.248 e. The Kier molecular flexibility index (Phi) is 4.66. The number of carbonyl (C=O) groups is 1. The van der Waals surface area contributed by atoms with E-state index in [0.29, 0.717) is 29.4 Å². The second-order valence-corrected chi connectivity index (χ2v) is 4.54. The molecule has 0 aliphatic heterocycles. The number of amides is 1. The first-order valence-electron chi connectivity index (χ1n) is 6.70. The van der Waals surface area contributed by atoms with Gasteiger partial charge in [0.15, 0.2) is 0 Å². The molecule has 0 unspecified atom stereocenters. The minimum Gasteiger partial charge on any atom is -0.494 e. The zero-order valence-electron chi connectivity index (χ0n) is 11.8. The van der Waals surface area contributed by atoms with Gasteiger partial charge in [0.2, 0.25) is 5.91 Å². The predicted octanol–water partition coefficient (Wildman–Crippen LogP) is 2.95. The molecule has 0 aliphatic carbocycles. The Morgan fingerprint density at radius 3 is 2.33 bits per heavy atom. The summed E-state index contributed by atoms with van der Waals surface area (Å²) in [6.07, 6.45) is 0.959. The number of hydrogen-bond donors (Lipinski definition) is 2. The van der Waals surface area contributed by atoms with E-state index in [-0.39, 0.29) is 0 Å². The summed E-state index contributed by atoms with van der Waals surface area (Å²) in [6, 6.07) is 12.0. The maximum atomic E-state index is 11.1. The number of anilines is 1. The number of nitrogen functional groups attached to an aromatic ring is 1. The fourth-order valence-corrected chi connectivity index (χ4v) is 1.75. The average Bonchev–Trinajstić information content (AvgIpc) is 2.48. The van der Waals surface area contributed by atoms with Gasteiger partial charge in [-0.2, -0.15) is 0 Å². The lowest BCUT2D eigenvalue weighted by atomic mass is 10.2. The number of ether oxygens (including phenoxy) is 2. The van der Waals surface area contributed by atoms with Crippen molar-refractivity contribution in [3.05, 3.63) is 48.0 Å². The van der Waals surface area contributed by atoms with E-state index >= 15 is 0 Å². The molecular formula is C16H18N2O3. The third kappa shape index (κ3) is 3.89. The van der Waals surface area contributed by atoms with Gasteiger partial charge in [-0.3, -0.25) is 4.79 Å². The van der Waals surface area contributed by atoms with Gasteiger partial charge >= 0.3 is 0 Å². The van der Waals surface area contributed by atoms with Crippen LogP contribution < -0.4 is 20.9 Å². The third-order valence-electron chi connectivity index (χ3n) is 2.82. The molecule has 1 amide bonds. The summed E-state index contributed by atoms with van der Waals surface area (Å²) in [6.45, 7) is 2.73. The van der Waals surface area contributed by atoms with E-state index < -0.39 is 5.91 Å². The summed E-state index contributed by atoms with van der Waals surface area (Å²) < 4.78 is 11.2. The van der Waals surface area contributed by atoms with Crippen LogP contribution in [0, 0.1) is 0 Å². The Morgan fingerprint density at radius 2 is 1.76 bits per heavy atom. The Morgan fingerprint density at radius 1 is 1.10 bits per heavy atom. The van der Waals surface area contributed by atoms with Crippen LogP contribution >= 0.6 is 0 Å². The largest absolute Gasteiger partial charge is 0.494 e. The average molecular weight is 286 g/mol. The number of carbonyl (C=O) groups excluding carboxylic acids is 1. The van der Waals surface area contributed by atoms with Crippen LogP contribution in [0.4, 0.5) is 5.69 Å². The zero-order chi connectivity index (χ0) is 15.2. The van der Waals surface area contributed by atoms with E-state index in [9.17, 15) is 4.79 Å². The lowest BCUT2D eigenvalue weighted by Crippen LogP contribution is -2.11. The van der Waals surface area contributed by atoms with E-state index in [4.69, 9.17) is 20.9 Å². The molecule has 0 atom stereocenters. The van der Waals surface area contributed by atoms with E-state index in [1.54, 1.807) is 24.3 Å². The first-order chi connectivity index (χ1) is 10.1. The standard InChI is InChI=1S/C16H18N2O3/c1-2-9-20-12-4-6-13(7-5-12)21-15-8-3-11(16(18)19)10-14(15)17/h3-8,10H,2,9,17H2,1H3,(H2,18,19). The van der Waals surface area contributed by atoms with Gasteiger partial charge in [-0.1, -0.05) is 6.92 Å². The van der Waals surface area contributed by atoms with Gasteiger partial charge in [0.1, 0.15) is 17.2 Å². The van der Waals surface area contributed by atoms with Crippen molar-refractivity contribution in [2.24, 2.45) is 5.73 Å². The number of rotatable bonds is 6. The molecule has 5 heteroatoms. The van der Waals surface area contributed by atoms with Crippen LogP contribution in [0.1, 0.15) is 23.7 Å². The first kappa shape index (κ1) is 14.7. The minimum atomic E-state index is -0.523. The van der Waals surface area contributed by atoms with Crippen molar-refractivity contribution in [2.75, 3.05) is 12.3 Å². The molecule has 2 aromatic carbocycles. The van der Waals surface area contributed by atoms with E-state index in [0.717, 1.165) is 12.2 Å². The molecule has 0 saturated heterocycles. The molecule has 0 aliphatic rings. The van der Waals surface area contributed by atoms with E-state index in [1.807, 2.05) is 12.1 Å². The van der Waals surface area contributed by atoms with Gasteiger partial charge in [0, 0.05) is 5.56 Å². The molecule has 0 heterocycles. The van der Waals surface area contributed by atoms with Crippen molar-refractivity contribution in [3.63, 3.8) is 0 Å². The van der Waals surface area contributed by atoms with Crippen molar-refractivity contribution in [2.45, 2.75) is 13.3 Å². The zero-order valence-corrected chi connectivity index (χ0v) is 11.8. The smallest absolute Gasteiger partial charge is 0.248 e. The lowest BCUT2D eigenvalue weighted by molar-refractivity contribution is 0.100. The van der Waals surface area contributed by atoms with Crippen molar-refractivity contribution < 1.29 is 14.3 Å². The van der Waals surface area contributed by atoms with Gasteiger partial charge in [0.05, 0.1) is 12.3 Å². The summed E-state index contributed by atoms with van der Waals surface area (Å²) in [4.78, 5) is 11.1. The van der Waals surface area contributed by atoms with Crippen LogP contribution in [-0.2, 0) is 0 Å². The summed E-state index contributed by atoms with van der Waals surface area (Å²) in [7, 11) is 0. The summed E-state index contributed by atoms with van der Waals surface area (Å²) >= 11 is 0. The molecule has 2 aromatic rings. The van der Waals surface area contributed by atoms with Crippen LogP contribution in [0.15, 0.2) is 42.5 Å². The molecule has 4 N–H and O–H groups in total. The molecule has 2 rings (SSSR count). The monoisotopic (exact) mass is 286 g/mol. The van der Waals surface area contributed by atoms with E-state index in [2.05, 4.69) is 6.92 Å². The SMILES string of the molecule is CCCOc1ccc(Oc2ccc(C(N)=O)cc2N)cc1. The van der Waals surface area contributed by atoms with E-state index in [1.165, 1.54) is 6.07 Å². The second-order valence-electron chi connectivity index (χ2n) is 4.54. The Balaban J connectivity index is 2.09. The lowest BCUT2D eigenvalue weighted by Gasteiger charge is -2.10. The van der Waals surface area contributed by atoms with Crippen molar-refractivity contribution in [1.29, 1.82) is 0 Å². The Hall–Kier alpha value is -2.69. The number of nitrogens with two attached hydrogens (primary N) is 2. The van der Waals surface area contributed by atoms with Gasteiger partial charge in [-0.05, 0) is 48.9 Å². The normalized spacial score (nSPS) is 10.1. The van der Waals surface area contributed by atoms with Crippen molar-refractivity contribution in [3.8, 4) is 17.2 Å². The molecule has 21 heavy (non-hydrogen) atoms. The Labute approximate surface area is 123 Å². The number of hydrogen-bond acceptors (Lipinski definition) is 4. The highest BCUT2D eigenvalue weighted by atomic mass is 16.5. The highest BCUT2D eigenvalue weighted by Crippen LogP contribution is 2.29. The van der Waals surface area contributed by atoms with Gasteiger partial charge in [-0.15, -0.1) is 0 Å². The second kappa shape index (κ2) is 6.65. The highest BCUT2D eigenvalue weighted by molar-refractivity contribution is 5.94. The Bertz CT molecular complexity index is 624. The highest BCUT2D eigenvalue weighted by Gasteiger charge is 2.07. The van der Waals surface area contributed by atoms with Crippen molar-refractivity contribution >= 4 is 11.6 Å². The fraction of sp³-hybridized carbons (Fsp3) is 0.188. The summed E-state index contributed by atoms with van der Waals surface area (Å²) in [5.41, 5.74) is 11.7. The molecule has 5 nitrogen and oxygen atoms in total. The molecule has 0 fully saturated rings. The van der Waals surface area contributed by atoms with Crippen LogP contribution in [-0.4, -0.2) is 12.5 Å². The first-order valence-corrected chi connectivity index (χ1v) is 6.70. The molecular weight excluding hydrogens is 268 g/mol. The quantitative estimate of drug-likeness (QED) is 0.799. The molecule has 0 aromatic heterocycles. The van der Waals surface area contributed by atoms with Gasteiger partial charge < -0.3 is 20.9 Å². The van der Waals surface area contributed by atoms with Gasteiger partial charge in [0.25, 0.3) is 0 Å².